The third kappa shape index (κ3) is 1.97. The topological polar surface area (TPSA) is 56.9 Å². The summed E-state index contributed by atoms with van der Waals surface area (Å²) in [6.07, 6.45) is -2.88. The zero-order chi connectivity index (χ0) is 10.7. The van der Waals surface area contributed by atoms with Gasteiger partial charge in [0.2, 0.25) is 0 Å². The fourth-order valence-corrected chi connectivity index (χ4v) is 1.22. The van der Waals surface area contributed by atoms with E-state index >= 15 is 0 Å². The summed E-state index contributed by atoms with van der Waals surface area (Å²) in [4.78, 5) is 3.33. The van der Waals surface area contributed by atoms with Gasteiger partial charge in [-0.1, -0.05) is 11.6 Å². The Bertz CT molecular complexity index is 390. The lowest BCUT2D eigenvalue weighted by Crippen LogP contribution is -2.01. The molecule has 0 unspecified atom stereocenters. The van der Waals surface area contributed by atoms with Crippen molar-refractivity contribution in [1.82, 2.24) is 4.98 Å². The van der Waals surface area contributed by atoms with Crippen molar-refractivity contribution in [2.75, 3.05) is 0 Å². The molecule has 3 nitrogen and oxygen atoms in total. The number of nitrogens with zero attached hydrogens (tertiary/aromatic N) is 2. The van der Waals surface area contributed by atoms with E-state index in [1.54, 1.807) is 6.07 Å². The predicted octanol–water partition coefficient (Wildman–Crippen LogP) is 2.04. The maximum atomic E-state index is 12.4. The van der Waals surface area contributed by atoms with Crippen LogP contribution in [0, 0.1) is 11.3 Å². The summed E-state index contributed by atoms with van der Waals surface area (Å²) in [5.41, 5.74) is -0.946. The molecule has 1 N–H and O–H groups in total. The number of hydrogen-bond donors (Lipinski definition) is 1. The van der Waals surface area contributed by atoms with Crippen LogP contribution >= 0.6 is 11.6 Å². The summed E-state index contributed by atoms with van der Waals surface area (Å²) in [5, 5.41) is 17.2. The minimum absolute atomic E-state index is 0.0581. The van der Waals surface area contributed by atoms with Gasteiger partial charge in [0.1, 0.15) is 16.9 Å². The molecule has 0 saturated heterocycles. The molecule has 1 aromatic rings. The van der Waals surface area contributed by atoms with Crippen molar-refractivity contribution in [1.29, 1.82) is 5.26 Å². The second kappa shape index (κ2) is 4.31. The molecule has 0 aromatic carbocycles. The molecule has 0 aliphatic rings. The highest BCUT2D eigenvalue weighted by atomic mass is 35.5. The number of hydrogen-bond acceptors (Lipinski definition) is 3. The van der Waals surface area contributed by atoms with Crippen molar-refractivity contribution < 1.29 is 13.9 Å². The van der Waals surface area contributed by atoms with Crippen molar-refractivity contribution in [2.24, 2.45) is 0 Å². The van der Waals surface area contributed by atoms with E-state index in [1.165, 1.54) is 6.07 Å². The van der Waals surface area contributed by atoms with Gasteiger partial charge in [0.05, 0.1) is 12.2 Å². The van der Waals surface area contributed by atoms with Crippen LogP contribution in [0.25, 0.3) is 0 Å². The summed E-state index contributed by atoms with van der Waals surface area (Å²) >= 11 is 5.44. The number of aliphatic hydroxyl groups excluding tert-OH is 1. The Balaban J connectivity index is 3.41. The Labute approximate surface area is 83.6 Å². The van der Waals surface area contributed by atoms with Crippen molar-refractivity contribution >= 4 is 11.6 Å². The monoisotopic (exact) mass is 218 g/mol. The summed E-state index contributed by atoms with van der Waals surface area (Å²) < 4.78 is 24.7. The normalized spacial score (nSPS) is 10.3. The van der Waals surface area contributed by atoms with Crippen LogP contribution in [0.15, 0.2) is 6.07 Å². The first-order chi connectivity index (χ1) is 6.60. The van der Waals surface area contributed by atoms with E-state index in [0.717, 1.165) is 0 Å². The van der Waals surface area contributed by atoms with Crippen molar-refractivity contribution in [3.63, 3.8) is 0 Å². The third-order valence-electron chi connectivity index (χ3n) is 1.59. The molecule has 0 fully saturated rings. The van der Waals surface area contributed by atoms with Gasteiger partial charge in [0.15, 0.2) is 0 Å². The van der Waals surface area contributed by atoms with Crippen LogP contribution in [0.4, 0.5) is 8.78 Å². The lowest BCUT2D eigenvalue weighted by molar-refractivity contribution is 0.145. The molecule has 0 aliphatic carbocycles. The minimum atomic E-state index is -2.88. The number of rotatable bonds is 2. The standard InChI is InChI=1S/C8H5ClF2N2O/c9-6-1-4(3-14)5(2-12)7(13-6)8(10)11/h1,8,14H,3H2. The fraction of sp³-hybridized carbons (Fsp3) is 0.250. The lowest BCUT2D eigenvalue weighted by Gasteiger charge is -2.06. The maximum absolute atomic E-state index is 12.4. The molecule has 6 heteroatoms. The summed E-state index contributed by atoms with van der Waals surface area (Å²) in [6, 6.07) is 2.75. The molecule has 0 radical (unpaired) electrons. The minimum Gasteiger partial charge on any atom is -0.392 e. The van der Waals surface area contributed by atoms with E-state index < -0.39 is 18.7 Å². The van der Waals surface area contributed by atoms with E-state index in [1.807, 2.05) is 0 Å². The second-order valence-corrected chi connectivity index (χ2v) is 2.82. The highest BCUT2D eigenvalue weighted by Gasteiger charge is 2.18. The van der Waals surface area contributed by atoms with Gasteiger partial charge in [-0.2, -0.15) is 5.26 Å². The van der Waals surface area contributed by atoms with Crippen LogP contribution < -0.4 is 0 Å². The van der Waals surface area contributed by atoms with Gasteiger partial charge in [0.25, 0.3) is 6.43 Å². The summed E-state index contributed by atoms with van der Waals surface area (Å²) in [5.74, 6) is 0. The number of aliphatic hydroxyl groups is 1. The number of aromatic nitrogens is 1. The quantitative estimate of drug-likeness (QED) is 0.773. The van der Waals surface area contributed by atoms with E-state index in [-0.39, 0.29) is 16.3 Å². The van der Waals surface area contributed by atoms with E-state index in [4.69, 9.17) is 22.0 Å². The van der Waals surface area contributed by atoms with Crippen LogP contribution in [0.5, 0.6) is 0 Å². The number of alkyl halides is 2. The first-order valence-electron chi connectivity index (χ1n) is 3.58. The van der Waals surface area contributed by atoms with Gasteiger partial charge >= 0.3 is 0 Å². The molecule has 0 bridgehead atoms. The first-order valence-corrected chi connectivity index (χ1v) is 3.96. The fourth-order valence-electron chi connectivity index (χ4n) is 0.995. The smallest absolute Gasteiger partial charge is 0.281 e. The second-order valence-electron chi connectivity index (χ2n) is 2.43. The van der Waals surface area contributed by atoms with Crippen molar-refractivity contribution in [3.8, 4) is 6.07 Å². The summed E-state index contributed by atoms with van der Waals surface area (Å²) in [6.45, 7) is -0.523. The Kier molecular flexibility index (Phi) is 3.33. The molecule has 0 atom stereocenters. The van der Waals surface area contributed by atoms with Gasteiger partial charge in [-0.15, -0.1) is 0 Å². The van der Waals surface area contributed by atoms with Crippen molar-refractivity contribution in [2.45, 2.75) is 13.0 Å². The van der Waals surface area contributed by atoms with Crippen molar-refractivity contribution in [3.05, 3.63) is 28.0 Å². The largest absolute Gasteiger partial charge is 0.392 e. The van der Waals surface area contributed by atoms with E-state index in [0.29, 0.717) is 0 Å². The van der Waals surface area contributed by atoms with Crippen LogP contribution in [0.3, 0.4) is 0 Å². The molecule has 0 spiro atoms. The maximum Gasteiger partial charge on any atom is 0.281 e. The number of pyridine rings is 1. The Morgan fingerprint density at radius 3 is 2.71 bits per heavy atom. The average Bonchev–Trinajstić information content (AvgIpc) is 2.16. The molecule has 1 rings (SSSR count). The van der Waals surface area contributed by atoms with Gasteiger partial charge in [-0.25, -0.2) is 13.8 Å². The highest BCUT2D eigenvalue weighted by Crippen LogP contribution is 2.25. The molecule has 1 aromatic heterocycles. The number of nitriles is 1. The average molecular weight is 219 g/mol. The van der Waals surface area contributed by atoms with Gasteiger partial charge in [-0.3, -0.25) is 0 Å². The Morgan fingerprint density at radius 1 is 1.64 bits per heavy atom. The van der Waals surface area contributed by atoms with Gasteiger partial charge in [0, 0.05) is 5.56 Å². The van der Waals surface area contributed by atoms with Crippen LogP contribution in [-0.2, 0) is 6.61 Å². The molecule has 1 heterocycles. The predicted molar refractivity (Wildman–Crippen MR) is 44.8 cm³/mol. The van der Waals surface area contributed by atoms with Crippen LogP contribution in [0.1, 0.15) is 23.2 Å². The van der Waals surface area contributed by atoms with E-state index in [9.17, 15) is 8.78 Å². The lowest BCUT2D eigenvalue weighted by atomic mass is 10.1. The zero-order valence-electron chi connectivity index (χ0n) is 6.84. The SMILES string of the molecule is N#Cc1c(CO)cc(Cl)nc1C(F)F. The molecule has 74 valence electrons. The molecular weight excluding hydrogens is 214 g/mol. The molecule has 0 aliphatic heterocycles. The Morgan fingerprint density at radius 2 is 2.29 bits per heavy atom. The third-order valence-corrected chi connectivity index (χ3v) is 1.78. The van der Waals surface area contributed by atoms with Crippen LogP contribution in [-0.4, -0.2) is 10.1 Å². The number of halogens is 3. The molecule has 0 amide bonds. The highest BCUT2D eigenvalue weighted by molar-refractivity contribution is 6.29. The molecular formula is C8H5ClF2N2O. The van der Waals surface area contributed by atoms with Crippen LogP contribution in [0.2, 0.25) is 5.15 Å². The zero-order valence-corrected chi connectivity index (χ0v) is 7.59. The van der Waals surface area contributed by atoms with Gasteiger partial charge in [-0.05, 0) is 6.07 Å². The van der Waals surface area contributed by atoms with E-state index in [2.05, 4.69) is 4.98 Å². The molecule has 0 saturated carbocycles. The van der Waals surface area contributed by atoms with Gasteiger partial charge < -0.3 is 5.11 Å². The first kappa shape index (κ1) is 10.8. The molecule has 14 heavy (non-hydrogen) atoms. The summed E-state index contributed by atoms with van der Waals surface area (Å²) in [7, 11) is 0. The Hall–Kier alpha value is -1.25.